The Balaban J connectivity index is -0.0000000267. The fourth-order valence-corrected chi connectivity index (χ4v) is 0.0645. The second-order valence-electron chi connectivity index (χ2n) is 1.19. The third kappa shape index (κ3) is 391. The highest BCUT2D eigenvalue weighted by atomic mass is 32.3. The van der Waals surface area contributed by atoms with Crippen LogP contribution in [-0.2, 0) is 10.4 Å². The van der Waals surface area contributed by atoms with Gasteiger partial charge in [0, 0.05) is 17.0 Å². The summed E-state index contributed by atoms with van der Waals surface area (Å²) in [6, 6.07) is 0. The normalized spacial score (nSPS) is 7.69. The van der Waals surface area contributed by atoms with Gasteiger partial charge in [-0.15, -0.1) is 6.61 Å². The van der Waals surface area contributed by atoms with Crippen LogP contribution in [-0.4, -0.2) is 35.8 Å². The predicted octanol–water partition coefficient (Wildman–Crippen LogP) is -1.48. The summed E-state index contributed by atoms with van der Waals surface area (Å²) < 4.78 is 34.1. The molecule has 0 fully saturated rings. The molecule has 0 aromatic carbocycles. The molecule has 0 aliphatic heterocycles. The highest BCUT2D eigenvalue weighted by molar-refractivity contribution is 7.79. The summed E-state index contributed by atoms with van der Waals surface area (Å²) in [5, 5.41) is 17.2. The molecule has 0 heterocycles. The van der Waals surface area contributed by atoms with Crippen LogP contribution in [0.15, 0.2) is 0 Å². The van der Waals surface area contributed by atoms with Crippen LogP contribution in [0.2, 0.25) is 0 Å². The molecule has 0 amide bonds. The van der Waals surface area contributed by atoms with Crippen molar-refractivity contribution in [1.29, 1.82) is 0 Å². The Kier molecular flexibility index (Phi) is 39.9. The maximum absolute atomic E-state index is 9.37. The summed E-state index contributed by atoms with van der Waals surface area (Å²) in [6.45, 7) is -0.125. The van der Waals surface area contributed by atoms with E-state index < -0.39 is 10.4 Å². The Bertz CT molecular complexity index is 137. The number of aliphatic hydroxyl groups is 1. The molecule has 0 saturated carbocycles. The number of hydrogen-bond donors (Lipinski definition) is 4. The molecule has 0 aromatic rings. The fraction of sp³-hybridized carbons (Fsp3) is 1.00. The van der Waals surface area contributed by atoms with E-state index in [2.05, 4.69) is 0 Å². The van der Waals surface area contributed by atoms with Gasteiger partial charge in [0.05, 0.1) is 0 Å². The summed E-state index contributed by atoms with van der Waals surface area (Å²) in [6.07, 6.45) is 0.389. The molecular weight excluding hydrogens is 206 g/mol. The van der Waals surface area contributed by atoms with Gasteiger partial charge in [0.2, 0.25) is 0 Å². The SMILES string of the molecule is O=S(=O)([O-])[O-].[NH4+].[NH4+].[NH4+].[O-]CCCO. The number of aliphatic hydroxyl groups excluding tert-OH is 1. The van der Waals surface area contributed by atoms with Crippen molar-refractivity contribution < 1.29 is 27.7 Å². The van der Waals surface area contributed by atoms with Gasteiger partial charge in [-0.25, -0.2) is 0 Å². The quantitative estimate of drug-likeness (QED) is 0.322. The third-order valence-corrected chi connectivity index (χ3v) is 0.302. The van der Waals surface area contributed by atoms with E-state index in [1.165, 1.54) is 0 Å². The molecule has 0 atom stereocenters. The van der Waals surface area contributed by atoms with E-state index in [1.807, 2.05) is 0 Å². The lowest BCUT2D eigenvalue weighted by Crippen LogP contribution is -2.06. The molecule has 13 N–H and O–H groups in total. The average molecular weight is 225 g/mol. The molecule has 0 aromatic heterocycles. The van der Waals surface area contributed by atoms with Gasteiger partial charge in [0.1, 0.15) is 0 Å². The second-order valence-corrected chi connectivity index (χ2v) is 2.01. The molecular formula is C3H19N3O6S. The summed E-state index contributed by atoms with van der Waals surface area (Å²) >= 11 is 0. The highest BCUT2D eigenvalue weighted by Crippen LogP contribution is 1.61. The Morgan fingerprint density at radius 3 is 1.31 bits per heavy atom. The number of quaternary nitrogens is 3. The van der Waals surface area contributed by atoms with Crippen molar-refractivity contribution >= 4 is 10.4 Å². The van der Waals surface area contributed by atoms with Crippen LogP contribution < -0.4 is 23.6 Å². The Labute approximate surface area is 77.1 Å². The topological polar surface area (TPSA) is 233 Å². The van der Waals surface area contributed by atoms with Crippen molar-refractivity contribution in [2.75, 3.05) is 13.2 Å². The van der Waals surface area contributed by atoms with E-state index >= 15 is 0 Å². The first kappa shape index (κ1) is 29.3. The van der Waals surface area contributed by atoms with Crippen molar-refractivity contribution in [2.45, 2.75) is 6.42 Å². The standard InChI is InChI=1S/C3H7O2.3H3N.H2O4S/c4-2-1-3-5;;;;1-5(2,3)4/h4H,1-3H2;3*1H3;(H2,1,2,3,4)/q-1;;;;/p+1. The molecule has 0 unspecified atom stereocenters. The van der Waals surface area contributed by atoms with Gasteiger partial charge in [-0.1, -0.05) is 0 Å². The van der Waals surface area contributed by atoms with Gasteiger partial charge in [-0.05, 0) is 6.42 Å². The molecule has 10 heteroatoms. The maximum atomic E-state index is 9.37. The van der Waals surface area contributed by atoms with Gasteiger partial charge in [0.25, 0.3) is 0 Å². The maximum Gasteiger partial charge on any atom is 0.0418 e. The third-order valence-electron chi connectivity index (χ3n) is 0.302. The molecule has 88 valence electrons. The van der Waals surface area contributed by atoms with Crippen molar-refractivity contribution in [3.05, 3.63) is 0 Å². The van der Waals surface area contributed by atoms with Crippen molar-refractivity contribution in [1.82, 2.24) is 18.5 Å². The Morgan fingerprint density at radius 2 is 1.31 bits per heavy atom. The van der Waals surface area contributed by atoms with E-state index in [-0.39, 0.29) is 31.7 Å². The number of rotatable bonds is 2. The lowest BCUT2D eigenvalue weighted by atomic mass is 10.5. The zero-order valence-corrected chi connectivity index (χ0v) is 8.83. The van der Waals surface area contributed by atoms with Gasteiger partial charge in [-0.3, -0.25) is 8.42 Å². The van der Waals surface area contributed by atoms with Crippen molar-refractivity contribution in [3.8, 4) is 0 Å². The highest BCUT2D eigenvalue weighted by Gasteiger charge is 1.62. The van der Waals surface area contributed by atoms with E-state index in [1.54, 1.807) is 0 Å². The molecule has 0 saturated heterocycles. The number of hydrogen-bond acceptors (Lipinski definition) is 6. The van der Waals surface area contributed by atoms with Gasteiger partial charge in [0.15, 0.2) is 0 Å². The molecule has 9 nitrogen and oxygen atoms in total. The Hall–Kier alpha value is -0.330. The van der Waals surface area contributed by atoms with E-state index in [4.69, 9.17) is 22.6 Å². The fourth-order valence-electron chi connectivity index (χ4n) is 0.0645. The summed E-state index contributed by atoms with van der Waals surface area (Å²) in [5.74, 6) is 0. The van der Waals surface area contributed by atoms with Crippen LogP contribution in [0.5, 0.6) is 0 Å². The second kappa shape index (κ2) is 17.7. The van der Waals surface area contributed by atoms with Crippen LogP contribution in [0, 0.1) is 0 Å². The Morgan fingerprint density at radius 1 is 1.08 bits per heavy atom. The van der Waals surface area contributed by atoms with Crippen LogP contribution in [0.4, 0.5) is 0 Å². The van der Waals surface area contributed by atoms with Crippen LogP contribution in [0.3, 0.4) is 0 Å². The van der Waals surface area contributed by atoms with E-state index in [0.717, 1.165) is 0 Å². The molecule has 0 aliphatic rings. The van der Waals surface area contributed by atoms with E-state index in [0.29, 0.717) is 6.42 Å². The monoisotopic (exact) mass is 225 g/mol. The first-order chi connectivity index (χ1) is 4.41. The molecule has 0 aliphatic carbocycles. The molecule has 0 bridgehead atoms. The minimum absolute atomic E-state index is 0. The molecule has 0 radical (unpaired) electrons. The summed E-state index contributed by atoms with van der Waals surface area (Å²) in [4.78, 5) is 0. The zero-order valence-electron chi connectivity index (χ0n) is 8.02. The predicted molar refractivity (Wildman–Crippen MR) is 45.0 cm³/mol. The van der Waals surface area contributed by atoms with Crippen molar-refractivity contribution in [2.24, 2.45) is 0 Å². The lowest BCUT2D eigenvalue weighted by Gasteiger charge is -2.06. The lowest BCUT2D eigenvalue weighted by molar-refractivity contribution is -0.369. The first-order valence-electron chi connectivity index (χ1n) is 2.27. The minimum atomic E-state index is -5.17. The zero-order chi connectivity index (χ0) is 8.62. The van der Waals surface area contributed by atoms with Gasteiger partial charge >= 0.3 is 0 Å². The first-order valence-corrected chi connectivity index (χ1v) is 3.60. The van der Waals surface area contributed by atoms with Crippen LogP contribution in [0.1, 0.15) is 6.42 Å². The molecule has 0 spiro atoms. The van der Waals surface area contributed by atoms with Gasteiger partial charge < -0.3 is 37.8 Å². The molecule has 13 heavy (non-hydrogen) atoms. The average Bonchev–Trinajstić information content (AvgIpc) is 1.63. The smallest absolute Gasteiger partial charge is 0.0418 e. The van der Waals surface area contributed by atoms with Crippen LogP contribution >= 0.6 is 0 Å². The largest absolute Gasteiger partial charge is 0.854 e. The van der Waals surface area contributed by atoms with Crippen molar-refractivity contribution in [3.63, 3.8) is 0 Å². The van der Waals surface area contributed by atoms with Crippen LogP contribution in [0.25, 0.3) is 0 Å². The molecule has 0 rings (SSSR count). The summed E-state index contributed by atoms with van der Waals surface area (Å²) in [5.41, 5.74) is 0. The summed E-state index contributed by atoms with van der Waals surface area (Å²) in [7, 11) is -5.17. The van der Waals surface area contributed by atoms with Gasteiger partial charge in [-0.2, -0.15) is 0 Å². The van der Waals surface area contributed by atoms with E-state index in [9.17, 15) is 5.11 Å². The minimum Gasteiger partial charge on any atom is -0.854 e.